The number of ether oxygens (including phenoxy) is 2. The number of carbonyl (C=O) groups excluding carboxylic acids is 2. The molecule has 0 aliphatic heterocycles. The van der Waals surface area contributed by atoms with Gasteiger partial charge in [-0.15, -0.1) is 0 Å². The van der Waals surface area contributed by atoms with Gasteiger partial charge in [-0.25, -0.2) is 14.6 Å². The van der Waals surface area contributed by atoms with Gasteiger partial charge in [0.05, 0.1) is 38.1 Å². The number of methoxy groups -OCH3 is 2. The minimum Gasteiger partial charge on any atom is -0.465 e. The maximum atomic E-state index is 11.8. The van der Waals surface area contributed by atoms with Crippen molar-refractivity contribution in [3.05, 3.63) is 70.7 Å². The van der Waals surface area contributed by atoms with Gasteiger partial charge in [0.2, 0.25) is 5.89 Å². The molecule has 0 bridgehead atoms. The van der Waals surface area contributed by atoms with Gasteiger partial charge in [0.25, 0.3) is 0 Å². The highest BCUT2D eigenvalue weighted by Gasteiger charge is 2.14. The molecule has 8 heteroatoms. The molecular weight excluding hydrogens is 384 g/mol. The molecule has 0 aliphatic rings. The summed E-state index contributed by atoms with van der Waals surface area (Å²) in [6, 6.07) is 11.8. The molecule has 2 aromatic carbocycles. The predicted octanol–water partition coefficient (Wildman–Crippen LogP) is 4.18. The number of anilines is 1. The summed E-state index contributed by atoms with van der Waals surface area (Å²) in [5, 5.41) is 3.68. The summed E-state index contributed by atoms with van der Waals surface area (Å²) in [6.45, 7) is 0.242. The number of hydrogen-bond donors (Lipinski definition) is 1. The predicted molar refractivity (Wildman–Crippen MR) is 103 cm³/mol. The van der Waals surface area contributed by atoms with E-state index in [1.165, 1.54) is 20.3 Å². The molecule has 0 spiro atoms. The molecule has 0 unspecified atom stereocenters. The van der Waals surface area contributed by atoms with E-state index in [-0.39, 0.29) is 17.7 Å². The van der Waals surface area contributed by atoms with E-state index >= 15 is 0 Å². The first-order valence-electron chi connectivity index (χ1n) is 8.26. The van der Waals surface area contributed by atoms with Crippen LogP contribution >= 0.6 is 11.6 Å². The highest BCUT2D eigenvalue weighted by molar-refractivity contribution is 6.30. The number of hydrogen-bond acceptors (Lipinski definition) is 7. The monoisotopic (exact) mass is 400 g/mol. The van der Waals surface area contributed by atoms with Crippen LogP contribution in [0.25, 0.3) is 11.3 Å². The van der Waals surface area contributed by atoms with Gasteiger partial charge in [-0.3, -0.25) is 0 Å². The molecule has 0 saturated heterocycles. The molecule has 0 atom stereocenters. The first-order chi connectivity index (χ1) is 13.5. The van der Waals surface area contributed by atoms with Crippen molar-refractivity contribution in [1.29, 1.82) is 0 Å². The third-order valence-electron chi connectivity index (χ3n) is 3.88. The Labute approximate surface area is 166 Å². The number of rotatable bonds is 6. The molecule has 0 amide bonds. The quantitative estimate of drug-likeness (QED) is 0.620. The molecule has 1 aromatic heterocycles. The zero-order chi connectivity index (χ0) is 20.1. The van der Waals surface area contributed by atoms with E-state index in [1.54, 1.807) is 30.5 Å². The summed E-state index contributed by atoms with van der Waals surface area (Å²) in [7, 11) is 2.54. The van der Waals surface area contributed by atoms with E-state index in [1.807, 2.05) is 12.1 Å². The van der Waals surface area contributed by atoms with Gasteiger partial charge in [0, 0.05) is 16.3 Å². The van der Waals surface area contributed by atoms with Crippen molar-refractivity contribution in [3.8, 4) is 11.3 Å². The van der Waals surface area contributed by atoms with Crippen molar-refractivity contribution in [1.82, 2.24) is 4.98 Å². The Bertz CT molecular complexity index is 981. The number of aromatic nitrogens is 1. The lowest BCUT2D eigenvalue weighted by molar-refractivity contribution is 0.0599. The molecule has 7 nitrogen and oxygen atoms in total. The molecule has 0 radical (unpaired) electrons. The third kappa shape index (κ3) is 4.50. The smallest absolute Gasteiger partial charge is 0.337 e. The molecule has 3 aromatic rings. The summed E-state index contributed by atoms with van der Waals surface area (Å²) in [4.78, 5) is 27.9. The Morgan fingerprint density at radius 2 is 1.75 bits per heavy atom. The van der Waals surface area contributed by atoms with E-state index in [4.69, 9.17) is 25.5 Å². The molecule has 0 saturated carbocycles. The second-order valence-electron chi connectivity index (χ2n) is 5.76. The Hall–Kier alpha value is -3.32. The Kier molecular flexibility index (Phi) is 5.96. The van der Waals surface area contributed by atoms with Crippen LogP contribution in [-0.4, -0.2) is 31.1 Å². The van der Waals surface area contributed by atoms with Crippen LogP contribution in [0.15, 0.2) is 53.1 Å². The highest BCUT2D eigenvalue weighted by atomic mass is 35.5. The minimum absolute atomic E-state index is 0.222. The first-order valence-corrected chi connectivity index (χ1v) is 8.64. The second-order valence-corrected chi connectivity index (χ2v) is 6.20. The van der Waals surface area contributed by atoms with Gasteiger partial charge in [-0.2, -0.15) is 0 Å². The highest BCUT2D eigenvalue weighted by Crippen LogP contribution is 2.24. The lowest BCUT2D eigenvalue weighted by Gasteiger charge is -2.09. The number of halogens is 1. The van der Waals surface area contributed by atoms with Crippen molar-refractivity contribution >= 4 is 29.2 Å². The average molecular weight is 401 g/mol. The van der Waals surface area contributed by atoms with Crippen LogP contribution in [0.4, 0.5) is 5.69 Å². The van der Waals surface area contributed by atoms with Crippen LogP contribution in [-0.2, 0) is 16.0 Å². The van der Waals surface area contributed by atoms with Crippen LogP contribution in [0.5, 0.6) is 0 Å². The van der Waals surface area contributed by atoms with Crippen LogP contribution in [0, 0.1) is 0 Å². The van der Waals surface area contributed by atoms with Crippen molar-refractivity contribution in [2.45, 2.75) is 6.54 Å². The van der Waals surface area contributed by atoms with Crippen LogP contribution in [0.3, 0.4) is 0 Å². The lowest BCUT2D eigenvalue weighted by Crippen LogP contribution is -2.09. The van der Waals surface area contributed by atoms with Crippen molar-refractivity contribution in [2.24, 2.45) is 0 Å². The number of nitrogens with one attached hydrogen (secondary N) is 1. The molecule has 0 fully saturated rings. The van der Waals surface area contributed by atoms with Gasteiger partial charge < -0.3 is 19.2 Å². The minimum atomic E-state index is -0.562. The zero-order valence-electron chi connectivity index (χ0n) is 15.2. The molecule has 1 N–H and O–H groups in total. The SMILES string of the molecule is COC(=O)c1cc(NCc2ncc(-c3cccc(Cl)c3)o2)cc(C(=O)OC)c1. The van der Waals surface area contributed by atoms with Crippen molar-refractivity contribution in [3.63, 3.8) is 0 Å². The summed E-state index contributed by atoms with van der Waals surface area (Å²) in [5.41, 5.74) is 1.78. The average Bonchev–Trinajstić information content (AvgIpc) is 3.20. The summed E-state index contributed by atoms with van der Waals surface area (Å²) in [6.07, 6.45) is 1.60. The van der Waals surface area contributed by atoms with Crippen molar-refractivity contribution in [2.75, 3.05) is 19.5 Å². The van der Waals surface area contributed by atoms with E-state index in [0.29, 0.717) is 22.4 Å². The fraction of sp³-hybridized carbons (Fsp3) is 0.150. The zero-order valence-corrected chi connectivity index (χ0v) is 15.9. The topological polar surface area (TPSA) is 90.7 Å². The maximum absolute atomic E-state index is 11.8. The fourth-order valence-electron chi connectivity index (χ4n) is 2.55. The molecule has 3 rings (SSSR count). The first kappa shape index (κ1) is 19.4. The van der Waals surface area contributed by atoms with Crippen LogP contribution < -0.4 is 5.32 Å². The number of carbonyl (C=O) groups is 2. The van der Waals surface area contributed by atoms with Crippen molar-refractivity contribution < 1.29 is 23.5 Å². The lowest BCUT2D eigenvalue weighted by atomic mass is 10.1. The molecule has 0 aliphatic carbocycles. The Balaban J connectivity index is 1.78. The fourth-order valence-corrected chi connectivity index (χ4v) is 2.74. The Morgan fingerprint density at radius 3 is 2.36 bits per heavy atom. The largest absolute Gasteiger partial charge is 0.465 e. The van der Waals surface area contributed by atoms with E-state index in [2.05, 4.69) is 10.3 Å². The molecule has 1 heterocycles. The Morgan fingerprint density at radius 1 is 1.07 bits per heavy atom. The molecular formula is C20H17ClN2O5. The van der Waals surface area contributed by atoms with Gasteiger partial charge in [-0.1, -0.05) is 23.7 Å². The summed E-state index contributed by atoms with van der Waals surface area (Å²) in [5.74, 6) is -0.114. The van der Waals surface area contributed by atoms with Crippen LogP contribution in [0.1, 0.15) is 26.6 Å². The molecule has 144 valence electrons. The van der Waals surface area contributed by atoms with Gasteiger partial charge in [-0.05, 0) is 30.3 Å². The number of esters is 2. The van der Waals surface area contributed by atoms with Crippen LogP contribution in [0.2, 0.25) is 5.02 Å². The summed E-state index contributed by atoms with van der Waals surface area (Å²) < 4.78 is 15.2. The molecule has 28 heavy (non-hydrogen) atoms. The van der Waals surface area contributed by atoms with Gasteiger partial charge in [0.1, 0.15) is 0 Å². The number of oxazole rings is 1. The van der Waals surface area contributed by atoms with E-state index in [0.717, 1.165) is 5.56 Å². The maximum Gasteiger partial charge on any atom is 0.337 e. The number of benzene rings is 2. The normalized spacial score (nSPS) is 10.4. The van der Waals surface area contributed by atoms with E-state index < -0.39 is 11.9 Å². The number of nitrogens with zero attached hydrogens (tertiary/aromatic N) is 1. The second kappa shape index (κ2) is 8.58. The van der Waals surface area contributed by atoms with Gasteiger partial charge in [0.15, 0.2) is 5.76 Å². The van der Waals surface area contributed by atoms with E-state index in [9.17, 15) is 9.59 Å². The summed E-state index contributed by atoms with van der Waals surface area (Å²) >= 11 is 6.00. The van der Waals surface area contributed by atoms with Gasteiger partial charge >= 0.3 is 11.9 Å². The standard InChI is InChI=1S/C20H17ClN2O5/c1-26-19(24)13-6-14(20(25)27-2)9-16(8-13)22-11-18-23-10-17(28-18)12-4-3-5-15(21)7-12/h3-10,22H,11H2,1-2H3. The third-order valence-corrected chi connectivity index (χ3v) is 4.12.